The molecule has 0 saturated carbocycles. The summed E-state index contributed by atoms with van der Waals surface area (Å²) in [5, 5.41) is 9.20. The first kappa shape index (κ1) is 12.4. The molecule has 1 aromatic heterocycles. The average Bonchev–Trinajstić information content (AvgIpc) is 2.75. The van der Waals surface area contributed by atoms with Crippen LogP contribution in [0.3, 0.4) is 0 Å². The summed E-state index contributed by atoms with van der Waals surface area (Å²) in [5.74, 6) is -0.719. The molecule has 94 valence electrons. The number of aromatic nitrogens is 1. The van der Waals surface area contributed by atoms with Gasteiger partial charge in [0.1, 0.15) is 0 Å². The van der Waals surface area contributed by atoms with Crippen LogP contribution in [0.2, 0.25) is 0 Å². The molecule has 0 amide bonds. The number of aromatic amines is 1. The summed E-state index contributed by atoms with van der Waals surface area (Å²) in [5.41, 5.74) is 4.19. The maximum atomic E-state index is 11.2. The Balaban J connectivity index is 2.49. The molecule has 18 heavy (non-hydrogen) atoms. The number of hydrogen-bond acceptors (Lipinski definition) is 1. The van der Waals surface area contributed by atoms with Gasteiger partial charge in [0.25, 0.3) is 0 Å². The largest absolute Gasteiger partial charge is 0.478 e. The van der Waals surface area contributed by atoms with Crippen LogP contribution in [0.25, 0.3) is 11.3 Å². The number of hydrogen-bond donors (Lipinski definition) is 2. The Morgan fingerprint density at radius 3 is 2.28 bits per heavy atom. The number of rotatable bonds is 3. The summed E-state index contributed by atoms with van der Waals surface area (Å²) in [4.78, 5) is 14.4. The molecular weight excluding hydrogens is 226 g/mol. The van der Waals surface area contributed by atoms with Crippen molar-refractivity contribution in [2.75, 3.05) is 0 Å². The Bertz CT molecular complexity index is 565. The summed E-state index contributed by atoms with van der Waals surface area (Å²) < 4.78 is 0. The second kappa shape index (κ2) is 4.69. The zero-order valence-corrected chi connectivity index (χ0v) is 10.8. The highest BCUT2D eigenvalue weighted by molar-refractivity contribution is 5.91. The Hall–Kier alpha value is -2.03. The van der Waals surface area contributed by atoms with Gasteiger partial charge < -0.3 is 10.1 Å². The molecule has 0 bridgehead atoms. The summed E-state index contributed by atoms with van der Waals surface area (Å²) in [6.07, 6.45) is 0. The number of aromatic carboxylic acids is 1. The van der Waals surface area contributed by atoms with E-state index in [1.807, 2.05) is 45.0 Å². The first-order valence-electron chi connectivity index (χ1n) is 6.02. The van der Waals surface area contributed by atoms with Crippen molar-refractivity contribution in [3.05, 3.63) is 47.2 Å². The Kier molecular flexibility index (Phi) is 3.24. The van der Waals surface area contributed by atoms with Crippen LogP contribution in [-0.4, -0.2) is 16.1 Å². The summed E-state index contributed by atoms with van der Waals surface area (Å²) in [7, 11) is 0. The molecule has 0 aliphatic rings. The van der Waals surface area contributed by atoms with Crippen LogP contribution in [0.4, 0.5) is 0 Å². The van der Waals surface area contributed by atoms with Crippen LogP contribution >= 0.6 is 0 Å². The van der Waals surface area contributed by atoms with Crippen LogP contribution in [0.5, 0.6) is 0 Å². The minimum atomic E-state index is -0.881. The third-order valence-corrected chi connectivity index (χ3v) is 3.02. The van der Waals surface area contributed by atoms with Crippen LogP contribution in [0.15, 0.2) is 30.3 Å². The SMILES string of the molecule is Cc1ccc(-c2cc(C(=O)O)c(C(C)C)[nH]2)cc1. The molecular formula is C15H17NO2. The van der Waals surface area contributed by atoms with Gasteiger partial charge in [0.15, 0.2) is 0 Å². The van der Waals surface area contributed by atoms with E-state index < -0.39 is 5.97 Å². The lowest BCUT2D eigenvalue weighted by Gasteiger charge is -2.03. The van der Waals surface area contributed by atoms with Crippen molar-refractivity contribution in [1.82, 2.24) is 4.98 Å². The van der Waals surface area contributed by atoms with Crippen LogP contribution in [-0.2, 0) is 0 Å². The number of H-pyrrole nitrogens is 1. The van der Waals surface area contributed by atoms with Gasteiger partial charge in [0.2, 0.25) is 0 Å². The van der Waals surface area contributed by atoms with Crippen molar-refractivity contribution in [3.63, 3.8) is 0 Å². The van der Waals surface area contributed by atoms with E-state index in [0.717, 1.165) is 17.0 Å². The fourth-order valence-corrected chi connectivity index (χ4v) is 1.99. The van der Waals surface area contributed by atoms with Gasteiger partial charge in [-0.05, 0) is 24.5 Å². The molecule has 2 aromatic rings. The fraction of sp³-hybridized carbons (Fsp3) is 0.267. The molecule has 3 nitrogen and oxygen atoms in total. The van der Waals surface area contributed by atoms with E-state index in [1.54, 1.807) is 6.07 Å². The normalized spacial score (nSPS) is 10.9. The first-order valence-corrected chi connectivity index (χ1v) is 6.02. The highest BCUT2D eigenvalue weighted by atomic mass is 16.4. The molecule has 1 heterocycles. The van der Waals surface area contributed by atoms with E-state index in [-0.39, 0.29) is 5.92 Å². The monoisotopic (exact) mass is 243 g/mol. The van der Waals surface area contributed by atoms with Crippen LogP contribution < -0.4 is 0 Å². The van der Waals surface area contributed by atoms with Gasteiger partial charge >= 0.3 is 5.97 Å². The fourth-order valence-electron chi connectivity index (χ4n) is 1.99. The zero-order valence-electron chi connectivity index (χ0n) is 10.8. The minimum Gasteiger partial charge on any atom is -0.478 e. The lowest BCUT2D eigenvalue weighted by atomic mass is 10.1. The van der Waals surface area contributed by atoms with Gasteiger partial charge in [-0.25, -0.2) is 4.79 Å². The van der Waals surface area contributed by atoms with E-state index >= 15 is 0 Å². The molecule has 0 unspecified atom stereocenters. The van der Waals surface area contributed by atoms with Crippen molar-refractivity contribution < 1.29 is 9.90 Å². The Labute approximate surface area is 106 Å². The number of carboxylic acids is 1. The predicted molar refractivity (Wildman–Crippen MR) is 72.0 cm³/mol. The lowest BCUT2D eigenvalue weighted by molar-refractivity contribution is 0.0695. The highest BCUT2D eigenvalue weighted by Crippen LogP contribution is 2.26. The molecule has 0 atom stereocenters. The third-order valence-electron chi connectivity index (χ3n) is 3.02. The molecule has 0 spiro atoms. The van der Waals surface area contributed by atoms with E-state index in [0.29, 0.717) is 5.56 Å². The highest BCUT2D eigenvalue weighted by Gasteiger charge is 2.17. The Morgan fingerprint density at radius 2 is 1.83 bits per heavy atom. The summed E-state index contributed by atoms with van der Waals surface area (Å²) in [6, 6.07) is 9.74. The quantitative estimate of drug-likeness (QED) is 0.861. The Morgan fingerprint density at radius 1 is 1.22 bits per heavy atom. The summed E-state index contributed by atoms with van der Waals surface area (Å²) in [6.45, 7) is 6.00. The molecule has 2 rings (SSSR count). The maximum absolute atomic E-state index is 11.2. The van der Waals surface area contributed by atoms with E-state index in [9.17, 15) is 9.90 Å². The van der Waals surface area contributed by atoms with E-state index in [2.05, 4.69) is 4.98 Å². The van der Waals surface area contributed by atoms with Crippen molar-refractivity contribution in [2.45, 2.75) is 26.7 Å². The van der Waals surface area contributed by atoms with E-state index in [4.69, 9.17) is 0 Å². The third kappa shape index (κ3) is 2.30. The zero-order chi connectivity index (χ0) is 13.3. The van der Waals surface area contributed by atoms with Gasteiger partial charge in [0.05, 0.1) is 5.56 Å². The molecule has 0 aliphatic carbocycles. The standard InChI is InChI=1S/C15H17NO2/c1-9(2)14-12(15(17)18)8-13(16-14)11-6-4-10(3)5-7-11/h4-9,16H,1-3H3,(H,17,18). The maximum Gasteiger partial charge on any atom is 0.337 e. The van der Waals surface area contributed by atoms with Crippen molar-refractivity contribution in [1.29, 1.82) is 0 Å². The number of benzene rings is 1. The van der Waals surface area contributed by atoms with E-state index in [1.165, 1.54) is 5.56 Å². The number of carboxylic acid groups (broad SMARTS) is 1. The second-order valence-electron chi connectivity index (χ2n) is 4.84. The molecule has 0 radical (unpaired) electrons. The molecule has 3 heteroatoms. The van der Waals surface area contributed by atoms with Gasteiger partial charge in [0, 0.05) is 11.4 Å². The van der Waals surface area contributed by atoms with Gasteiger partial charge in [-0.3, -0.25) is 0 Å². The van der Waals surface area contributed by atoms with Crippen LogP contribution in [0, 0.1) is 6.92 Å². The smallest absolute Gasteiger partial charge is 0.337 e. The molecule has 0 aliphatic heterocycles. The van der Waals surface area contributed by atoms with Gasteiger partial charge in [-0.2, -0.15) is 0 Å². The first-order chi connectivity index (χ1) is 8.49. The topological polar surface area (TPSA) is 53.1 Å². The van der Waals surface area contributed by atoms with Crippen molar-refractivity contribution in [2.24, 2.45) is 0 Å². The molecule has 2 N–H and O–H groups in total. The number of nitrogens with one attached hydrogen (secondary N) is 1. The number of aryl methyl sites for hydroxylation is 1. The van der Waals surface area contributed by atoms with Gasteiger partial charge in [-0.15, -0.1) is 0 Å². The lowest BCUT2D eigenvalue weighted by Crippen LogP contribution is -2.01. The minimum absolute atomic E-state index is 0.162. The number of carbonyl (C=O) groups is 1. The molecule has 0 saturated heterocycles. The summed E-state index contributed by atoms with van der Waals surface area (Å²) >= 11 is 0. The van der Waals surface area contributed by atoms with Crippen molar-refractivity contribution in [3.8, 4) is 11.3 Å². The van der Waals surface area contributed by atoms with Gasteiger partial charge in [-0.1, -0.05) is 43.7 Å². The second-order valence-corrected chi connectivity index (χ2v) is 4.84. The predicted octanol–water partition coefficient (Wildman–Crippen LogP) is 3.81. The van der Waals surface area contributed by atoms with Crippen LogP contribution in [0.1, 0.15) is 41.4 Å². The molecule has 1 aromatic carbocycles. The average molecular weight is 243 g/mol. The van der Waals surface area contributed by atoms with Crippen molar-refractivity contribution >= 4 is 5.97 Å². The molecule has 0 fully saturated rings.